The van der Waals surface area contributed by atoms with Crippen LogP contribution in [0.1, 0.15) is 52.5 Å². The third kappa shape index (κ3) is 8.86. The van der Waals surface area contributed by atoms with E-state index in [0.717, 1.165) is 57.0 Å². The third-order valence-corrected chi connectivity index (χ3v) is 5.00. The Morgan fingerprint density at radius 1 is 1.38 bits per heavy atom. The fraction of sp³-hybridized carbons (Fsp3) is 0.652. The molecule has 1 fully saturated rings. The number of ether oxygens (including phenoxy) is 1. The number of guanidine groups is 1. The summed E-state index contributed by atoms with van der Waals surface area (Å²) in [7, 11) is 0. The summed E-state index contributed by atoms with van der Waals surface area (Å²) in [5.41, 5.74) is 1.10. The second kappa shape index (κ2) is 12.5. The summed E-state index contributed by atoms with van der Waals surface area (Å²) in [5, 5.41) is 6.96. The largest absolute Gasteiger partial charge is 0.475 e. The molecular formula is C23H39N5O. The van der Waals surface area contributed by atoms with E-state index in [1.165, 1.54) is 0 Å². The Morgan fingerprint density at radius 2 is 2.14 bits per heavy atom. The third-order valence-electron chi connectivity index (χ3n) is 5.00. The van der Waals surface area contributed by atoms with Gasteiger partial charge in [-0.05, 0) is 50.7 Å². The van der Waals surface area contributed by atoms with Crippen LogP contribution in [0.3, 0.4) is 0 Å². The second-order valence-corrected chi connectivity index (χ2v) is 8.26. The van der Waals surface area contributed by atoms with Gasteiger partial charge in [0.25, 0.3) is 0 Å². The van der Waals surface area contributed by atoms with Crippen LogP contribution in [0.15, 0.2) is 36.0 Å². The summed E-state index contributed by atoms with van der Waals surface area (Å²) in [4.78, 5) is 11.6. The first-order chi connectivity index (χ1) is 14.0. The van der Waals surface area contributed by atoms with Crippen LogP contribution in [0.5, 0.6) is 5.88 Å². The normalized spacial score (nSPS) is 17.2. The van der Waals surface area contributed by atoms with E-state index in [4.69, 9.17) is 9.73 Å². The Morgan fingerprint density at radius 3 is 2.79 bits per heavy atom. The molecule has 1 atom stereocenters. The average Bonchev–Trinajstić information content (AvgIpc) is 2.67. The Bertz CT molecular complexity index is 638. The van der Waals surface area contributed by atoms with Gasteiger partial charge in [0.1, 0.15) is 0 Å². The second-order valence-electron chi connectivity index (χ2n) is 8.26. The zero-order valence-electron chi connectivity index (χ0n) is 18.7. The lowest BCUT2D eigenvalue weighted by Gasteiger charge is -2.32. The van der Waals surface area contributed by atoms with E-state index in [2.05, 4.69) is 54.8 Å². The Balaban J connectivity index is 1.91. The summed E-state index contributed by atoms with van der Waals surface area (Å²) < 4.78 is 5.97. The Labute approximate surface area is 176 Å². The summed E-state index contributed by atoms with van der Waals surface area (Å²) in [6.07, 6.45) is 7.21. The SMILES string of the molecule is C=CCN1CCC(NC(=NCc2ccnc(OC(C)CC(C)C)c2)NCC)CC1. The molecule has 1 saturated heterocycles. The van der Waals surface area contributed by atoms with Crippen molar-refractivity contribution in [3.8, 4) is 5.88 Å². The van der Waals surface area contributed by atoms with Crippen LogP contribution in [-0.4, -0.2) is 54.2 Å². The van der Waals surface area contributed by atoms with E-state index in [9.17, 15) is 0 Å². The van der Waals surface area contributed by atoms with Crippen LogP contribution in [0, 0.1) is 5.92 Å². The van der Waals surface area contributed by atoms with Crippen LogP contribution in [0.2, 0.25) is 0 Å². The van der Waals surface area contributed by atoms with Crippen molar-refractivity contribution in [2.75, 3.05) is 26.2 Å². The summed E-state index contributed by atoms with van der Waals surface area (Å²) in [6.45, 7) is 17.1. The van der Waals surface area contributed by atoms with Crippen molar-refractivity contribution in [1.82, 2.24) is 20.5 Å². The van der Waals surface area contributed by atoms with Crippen LogP contribution in [-0.2, 0) is 6.54 Å². The first kappa shape index (κ1) is 23.2. The molecule has 0 bridgehead atoms. The zero-order chi connectivity index (χ0) is 21.1. The number of aliphatic imine (C=N–C) groups is 1. The molecule has 2 N–H and O–H groups in total. The van der Waals surface area contributed by atoms with Gasteiger partial charge in [-0.1, -0.05) is 19.9 Å². The molecule has 29 heavy (non-hydrogen) atoms. The monoisotopic (exact) mass is 401 g/mol. The smallest absolute Gasteiger partial charge is 0.213 e. The number of likely N-dealkylation sites (tertiary alicyclic amines) is 1. The molecule has 0 aromatic carbocycles. The van der Waals surface area contributed by atoms with E-state index >= 15 is 0 Å². The molecule has 1 aromatic heterocycles. The Hall–Kier alpha value is -2.08. The van der Waals surface area contributed by atoms with Crippen LogP contribution in [0.4, 0.5) is 0 Å². The van der Waals surface area contributed by atoms with Gasteiger partial charge < -0.3 is 15.4 Å². The minimum atomic E-state index is 0.159. The van der Waals surface area contributed by atoms with Crippen molar-refractivity contribution < 1.29 is 4.74 Å². The standard InChI is InChI=1S/C23H39N5O/c1-6-12-28-13-9-21(10-14-28)27-23(24-7-2)26-17-20-8-11-25-22(16-20)29-19(5)15-18(3)4/h6,8,11,16,18-19,21H,1,7,9-10,12-15,17H2,2-5H3,(H2,24,26,27). The highest BCUT2D eigenvalue weighted by molar-refractivity contribution is 5.80. The summed E-state index contributed by atoms with van der Waals surface area (Å²) >= 11 is 0. The molecule has 1 aromatic rings. The van der Waals surface area contributed by atoms with Gasteiger partial charge in [-0.15, -0.1) is 6.58 Å². The van der Waals surface area contributed by atoms with Crippen molar-refractivity contribution >= 4 is 5.96 Å². The molecule has 0 amide bonds. The van der Waals surface area contributed by atoms with Crippen molar-refractivity contribution in [2.24, 2.45) is 10.9 Å². The van der Waals surface area contributed by atoms with E-state index in [0.29, 0.717) is 24.4 Å². The number of nitrogens with zero attached hydrogens (tertiary/aromatic N) is 3. The Kier molecular flexibility index (Phi) is 9.98. The topological polar surface area (TPSA) is 61.8 Å². The molecule has 0 spiro atoms. The van der Waals surface area contributed by atoms with Gasteiger partial charge in [-0.2, -0.15) is 0 Å². The molecule has 0 saturated carbocycles. The number of aromatic nitrogens is 1. The maximum atomic E-state index is 5.97. The van der Waals surface area contributed by atoms with Gasteiger partial charge in [-0.3, -0.25) is 4.90 Å². The number of hydrogen-bond acceptors (Lipinski definition) is 4. The van der Waals surface area contributed by atoms with Gasteiger partial charge in [0.2, 0.25) is 5.88 Å². The first-order valence-electron chi connectivity index (χ1n) is 11.0. The van der Waals surface area contributed by atoms with E-state index in [1.54, 1.807) is 6.20 Å². The molecule has 162 valence electrons. The fourth-order valence-electron chi connectivity index (χ4n) is 3.66. The number of hydrogen-bond donors (Lipinski definition) is 2. The molecule has 2 rings (SSSR count). The van der Waals surface area contributed by atoms with Crippen LogP contribution >= 0.6 is 0 Å². The van der Waals surface area contributed by atoms with Crippen molar-refractivity contribution in [3.05, 3.63) is 36.5 Å². The highest BCUT2D eigenvalue weighted by Crippen LogP contribution is 2.15. The highest BCUT2D eigenvalue weighted by atomic mass is 16.5. The quantitative estimate of drug-likeness (QED) is 0.356. The van der Waals surface area contributed by atoms with Crippen molar-refractivity contribution in [1.29, 1.82) is 0 Å². The molecule has 1 unspecified atom stereocenters. The fourth-order valence-corrected chi connectivity index (χ4v) is 3.66. The van der Waals surface area contributed by atoms with Gasteiger partial charge in [-0.25, -0.2) is 9.98 Å². The average molecular weight is 402 g/mol. The van der Waals surface area contributed by atoms with Crippen LogP contribution in [0.25, 0.3) is 0 Å². The van der Waals surface area contributed by atoms with E-state index < -0.39 is 0 Å². The van der Waals surface area contributed by atoms with Crippen molar-refractivity contribution in [2.45, 2.75) is 65.6 Å². The molecule has 1 aliphatic rings. The maximum Gasteiger partial charge on any atom is 0.213 e. The molecule has 0 aliphatic carbocycles. The minimum absolute atomic E-state index is 0.159. The molecule has 6 nitrogen and oxygen atoms in total. The van der Waals surface area contributed by atoms with Crippen LogP contribution < -0.4 is 15.4 Å². The zero-order valence-corrected chi connectivity index (χ0v) is 18.7. The molecule has 1 aliphatic heterocycles. The number of rotatable bonds is 10. The molecular weight excluding hydrogens is 362 g/mol. The molecule has 2 heterocycles. The van der Waals surface area contributed by atoms with E-state index in [1.807, 2.05) is 18.2 Å². The van der Waals surface area contributed by atoms with Gasteiger partial charge in [0.15, 0.2) is 5.96 Å². The molecule has 0 radical (unpaired) electrons. The highest BCUT2D eigenvalue weighted by Gasteiger charge is 2.19. The number of nitrogens with one attached hydrogen (secondary N) is 2. The summed E-state index contributed by atoms with van der Waals surface area (Å²) in [6, 6.07) is 4.46. The maximum absolute atomic E-state index is 5.97. The van der Waals surface area contributed by atoms with E-state index in [-0.39, 0.29) is 6.10 Å². The predicted octanol–water partition coefficient (Wildman–Crippen LogP) is 3.60. The lowest BCUT2D eigenvalue weighted by molar-refractivity contribution is 0.185. The number of pyridine rings is 1. The lowest BCUT2D eigenvalue weighted by atomic mass is 10.1. The first-order valence-corrected chi connectivity index (χ1v) is 11.0. The number of piperidine rings is 1. The lowest BCUT2D eigenvalue weighted by Crippen LogP contribution is -2.48. The minimum Gasteiger partial charge on any atom is -0.475 e. The van der Waals surface area contributed by atoms with Gasteiger partial charge >= 0.3 is 0 Å². The van der Waals surface area contributed by atoms with Crippen molar-refractivity contribution in [3.63, 3.8) is 0 Å². The summed E-state index contributed by atoms with van der Waals surface area (Å²) in [5.74, 6) is 2.16. The van der Waals surface area contributed by atoms with Gasteiger partial charge in [0.05, 0.1) is 12.6 Å². The predicted molar refractivity (Wildman–Crippen MR) is 121 cm³/mol. The van der Waals surface area contributed by atoms with Gasteiger partial charge in [0, 0.05) is 44.5 Å². The molecule has 6 heteroatoms.